The summed E-state index contributed by atoms with van der Waals surface area (Å²) in [5, 5.41) is 12.3. The van der Waals surface area contributed by atoms with Gasteiger partial charge in [-0.05, 0) is 18.9 Å². The van der Waals surface area contributed by atoms with Gasteiger partial charge in [-0.3, -0.25) is 9.59 Å². The molecule has 1 aromatic carbocycles. The maximum atomic E-state index is 12.2. The molecule has 1 aliphatic heterocycles. The summed E-state index contributed by atoms with van der Waals surface area (Å²) in [6.07, 6.45) is 0.852. The third-order valence-electron chi connectivity index (χ3n) is 3.86. The minimum Gasteiger partial charge on any atom is -0.394 e. The lowest BCUT2D eigenvalue weighted by atomic mass is 10.0. The van der Waals surface area contributed by atoms with E-state index in [9.17, 15) is 14.7 Å². The lowest BCUT2D eigenvalue weighted by molar-refractivity contribution is -0.129. The highest BCUT2D eigenvalue weighted by Crippen LogP contribution is 2.17. The molecule has 1 aliphatic rings. The summed E-state index contributed by atoms with van der Waals surface area (Å²) in [7, 11) is 0. The first-order valence-corrected chi connectivity index (χ1v) is 7.37. The third-order valence-corrected chi connectivity index (χ3v) is 3.86. The highest BCUT2D eigenvalue weighted by Gasteiger charge is 2.33. The fraction of sp³-hybridized carbons (Fsp3) is 0.500. The number of carbonyl (C=O) groups is 2. The average Bonchev–Trinajstić information content (AvgIpc) is 2.88. The van der Waals surface area contributed by atoms with E-state index in [2.05, 4.69) is 5.32 Å². The van der Waals surface area contributed by atoms with Gasteiger partial charge in [0.1, 0.15) is 0 Å². The van der Waals surface area contributed by atoms with Crippen LogP contribution >= 0.6 is 0 Å². The van der Waals surface area contributed by atoms with Gasteiger partial charge in [-0.2, -0.15) is 0 Å². The van der Waals surface area contributed by atoms with Gasteiger partial charge in [-0.25, -0.2) is 0 Å². The van der Waals surface area contributed by atoms with E-state index in [1.54, 1.807) is 4.90 Å². The zero-order chi connectivity index (χ0) is 15.2. The van der Waals surface area contributed by atoms with Crippen molar-refractivity contribution in [3.05, 3.63) is 35.9 Å². The number of amides is 2. The van der Waals surface area contributed by atoms with Gasteiger partial charge < -0.3 is 15.3 Å². The second-order valence-corrected chi connectivity index (χ2v) is 5.41. The van der Waals surface area contributed by atoms with Crippen LogP contribution in [0, 0.1) is 5.92 Å². The van der Waals surface area contributed by atoms with Crippen molar-refractivity contribution in [2.45, 2.75) is 25.8 Å². The molecule has 2 N–H and O–H groups in total. The van der Waals surface area contributed by atoms with Crippen LogP contribution in [-0.2, 0) is 16.0 Å². The van der Waals surface area contributed by atoms with Gasteiger partial charge in [0.2, 0.25) is 11.8 Å². The molecule has 1 saturated heterocycles. The SMILES string of the molecule is CCN1CC(C(=O)NC(CO)Cc2ccccc2)CC1=O. The first kappa shape index (κ1) is 15.5. The molecule has 2 rings (SSSR count). The molecule has 5 nitrogen and oxygen atoms in total. The Bertz CT molecular complexity index is 490. The van der Waals surface area contributed by atoms with Crippen LogP contribution in [0.5, 0.6) is 0 Å². The molecular weight excluding hydrogens is 268 g/mol. The van der Waals surface area contributed by atoms with Crippen LogP contribution < -0.4 is 5.32 Å². The third kappa shape index (κ3) is 4.04. The molecule has 0 spiro atoms. The standard InChI is InChI=1S/C16H22N2O3/c1-2-18-10-13(9-15(18)20)16(21)17-14(11-19)8-12-6-4-3-5-7-12/h3-7,13-14,19H,2,8-11H2,1H3,(H,17,21). The minimum atomic E-state index is -0.314. The molecule has 2 atom stereocenters. The van der Waals surface area contributed by atoms with E-state index >= 15 is 0 Å². The fourth-order valence-electron chi connectivity index (χ4n) is 2.63. The van der Waals surface area contributed by atoms with Crippen LogP contribution in [0.1, 0.15) is 18.9 Å². The number of hydrogen-bond donors (Lipinski definition) is 2. The fourth-order valence-corrected chi connectivity index (χ4v) is 2.63. The van der Waals surface area contributed by atoms with Crippen LogP contribution in [0.4, 0.5) is 0 Å². The highest BCUT2D eigenvalue weighted by atomic mass is 16.3. The van der Waals surface area contributed by atoms with Gasteiger partial charge in [-0.15, -0.1) is 0 Å². The smallest absolute Gasteiger partial charge is 0.225 e. The lowest BCUT2D eigenvalue weighted by Gasteiger charge is -2.19. The summed E-state index contributed by atoms with van der Waals surface area (Å²) in [4.78, 5) is 25.6. The van der Waals surface area contributed by atoms with Crippen LogP contribution in [0.2, 0.25) is 0 Å². The molecule has 2 unspecified atom stereocenters. The summed E-state index contributed by atoms with van der Waals surface area (Å²) >= 11 is 0. The van der Waals surface area contributed by atoms with E-state index in [-0.39, 0.29) is 36.8 Å². The van der Waals surface area contributed by atoms with E-state index in [0.717, 1.165) is 5.56 Å². The van der Waals surface area contributed by atoms with Crippen molar-refractivity contribution in [2.75, 3.05) is 19.7 Å². The van der Waals surface area contributed by atoms with Crippen LogP contribution in [0.25, 0.3) is 0 Å². The second kappa shape index (κ2) is 7.22. The normalized spacial score (nSPS) is 19.6. The summed E-state index contributed by atoms with van der Waals surface area (Å²) in [6, 6.07) is 9.41. The predicted molar refractivity (Wildman–Crippen MR) is 79.5 cm³/mol. The molecule has 0 aromatic heterocycles. The van der Waals surface area contributed by atoms with Crippen molar-refractivity contribution in [2.24, 2.45) is 5.92 Å². The van der Waals surface area contributed by atoms with E-state index < -0.39 is 0 Å². The van der Waals surface area contributed by atoms with Gasteiger partial charge >= 0.3 is 0 Å². The van der Waals surface area contributed by atoms with E-state index in [1.165, 1.54) is 0 Å². The molecular formula is C16H22N2O3. The Hall–Kier alpha value is -1.88. The molecule has 114 valence electrons. The zero-order valence-corrected chi connectivity index (χ0v) is 12.3. The number of carbonyl (C=O) groups excluding carboxylic acids is 2. The summed E-state index contributed by atoms with van der Waals surface area (Å²) in [5.74, 6) is -0.419. The van der Waals surface area contributed by atoms with Crippen molar-refractivity contribution in [3.63, 3.8) is 0 Å². The maximum absolute atomic E-state index is 12.2. The molecule has 2 amide bonds. The lowest BCUT2D eigenvalue weighted by Crippen LogP contribution is -2.43. The Labute approximate surface area is 125 Å². The minimum absolute atomic E-state index is 0.0289. The first-order valence-electron chi connectivity index (χ1n) is 7.37. The number of hydrogen-bond acceptors (Lipinski definition) is 3. The van der Waals surface area contributed by atoms with Crippen molar-refractivity contribution in [1.82, 2.24) is 10.2 Å². The first-order chi connectivity index (χ1) is 10.1. The number of nitrogens with zero attached hydrogens (tertiary/aromatic N) is 1. The molecule has 0 saturated carbocycles. The van der Waals surface area contributed by atoms with E-state index in [0.29, 0.717) is 19.5 Å². The van der Waals surface area contributed by atoms with Gasteiger partial charge in [0.25, 0.3) is 0 Å². The van der Waals surface area contributed by atoms with Crippen LogP contribution in [-0.4, -0.2) is 47.6 Å². The molecule has 0 bridgehead atoms. The van der Waals surface area contributed by atoms with Crippen molar-refractivity contribution < 1.29 is 14.7 Å². The maximum Gasteiger partial charge on any atom is 0.225 e. The molecule has 0 aliphatic carbocycles. The van der Waals surface area contributed by atoms with Crippen molar-refractivity contribution >= 4 is 11.8 Å². The Kier molecular flexibility index (Phi) is 5.33. The van der Waals surface area contributed by atoms with Crippen LogP contribution in [0.3, 0.4) is 0 Å². The monoisotopic (exact) mass is 290 g/mol. The Balaban J connectivity index is 1.90. The zero-order valence-electron chi connectivity index (χ0n) is 12.3. The number of rotatable bonds is 6. The molecule has 21 heavy (non-hydrogen) atoms. The number of aliphatic hydroxyl groups is 1. The average molecular weight is 290 g/mol. The molecule has 5 heteroatoms. The number of nitrogens with one attached hydrogen (secondary N) is 1. The topological polar surface area (TPSA) is 69.6 Å². The molecule has 0 radical (unpaired) electrons. The predicted octanol–water partition coefficient (Wildman–Crippen LogP) is 0.575. The molecule has 1 aromatic rings. The molecule has 1 heterocycles. The highest BCUT2D eigenvalue weighted by molar-refractivity contribution is 5.89. The Morgan fingerprint density at radius 3 is 2.71 bits per heavy atom. The van der Waals surface area contributed by atoms with Crippen LogP contribution in [0.15, 0.2) is 30.3 Å². The van der Waals surface area contributed by atoms with Crippen molar-refractivity contribution in [1.29, 1.82) is 0 Å². The summed E-state index contributed by atoms with van der Waals surface area (Å²) in [5.41, 5.74) is 1.06. The summed E-state index contributed by atoms with van der Waals surface area (Å²) in [6.45, 7) is 2.91. The molecule has 1 fully saturated rings. The van der Waals surface area contributed by atoms with Crippen molar-refractivity contribution in [3.8, 4) is 0 Å². The quantitative estimate of drug-likeness (QED) is 0.805. The summed E-state index contributed by atoms with van der Waals surface area (Å²) < 4.78 is 0. The van der Waals surface area contributed by atoms with E-state index in [1.807, 2.05) is 37.3 Å². The van der Waals surface area contributed by atoms with Gasteiger partial charge in [0, 0.05) is 19.5 Å². The van der Waals surface area contributed by atoms with Gasteiger partial charge in [0.05, 0.1) is 18.6 Å². The van der Waals surface area contributed by atoms with Gasteiger partial charge in [0.15, 0.2) is 0 Å². The second-order valence-electron chi connectivity index (χ2n) is 5.41. The van der Waals surface area contributed by atoms with E-state index in [4.69, 9.17) is 0 Å². The van der Waals surface area contributed by atoms with Gasteiger partial charge in [-0.1, -0.05) is 30.3 Å². The Morgan fingerprint density at radius 1 is 1.43 bits per heavy atom. The Morgan fingerprint density at radius 2 is 2.14 bits per heavy atom. The number of aliphatic hydroxyl groups excluding tert-OH is 1. The number of benzene rings is 1. The number of likely N-dealkylation sites (tertiary alicyclic amines) is 1. The largest absolute Gasteiger partial charge is 0.394 e.